The van der Waals surface area contributed by atoms with Gasteiger partial charge in [0.1, 0.15) is 0 Å². The number of aryl methyl sites for hydroxylation is 1. The molecule has 2 aromatic rings. The molecule has 2 aromatic carbocycles. The van der Waals surface area contributed by atoms with Crippen molar-refractivity contribution in [1.29, 1.82) is 0 Å². The molecule has 0 aromatic heterocycles. The Labute approximate surface area is 135 Å². The fourth-order valence-corrected chi connectivity index (χ4v) is 4.00. The van der Waals surface area contributed by atoms with Crippen LogP contribution in [0.3, 0.4) is 0 Å². The predicted molar refractivity (Wildman–Crippen MR) is 92.6 cm³/mol. The maximum absolute atomic E-state index is 3.75. The minimum atomic E-state index is 0.440. The van der Waals surface area contributed by atoms with E-state index in [1.807, 2.05) is 0 Å². The van der Waals surface area contributed by atoms with Crippen LogP contribution in [-0.4, -0.2) is 6.54 Å². The van der Waals surface area contributed by atoms with Crippen LogP contribution in [0.5, 0.6) is 0 Å². The third kappa shape index (κ3) is 3.22. The van der Waals surface area contributed by atoms with Crippen molar-refractivity contribution >= 4 is 15.9 Å². The van der Waals surface area contributed by atoms with Gasteiger partial charge in [0.05, 0.1) is 0 Å². The van der Waals surface area contributed by atoms with E-state index in [0.717, 1.165) is 6.54 Å². The van der Waals surface area contributed by atoms with E-state index in [9.17, 15) is 0 Å². The molecule has 1 N–H and O–H groups in total. The lowest BCUT2D eigenvalue weighted by Gasteiger charge is -2.20. The first-order valence-corrected chi connectivity index (χ1v) is 8.54. The van der Waals surface area contributed by atoms with E-state index < -0.39 is 0 Å². The number of rotatable bonds is 5. The van der Waals surface area contributed by atoms with Gasteiger partial charge in [0, 0.05) is 10.5 Å². The van der Waals surface area contributed by atoms with Gasteiger partial charge < -0.3 is 5.32 Å². The second-order valence-corrected chi connectivity index (χ2v) is 6.83. The summed E-state index contributed by atoms with van der Waals surface area (Å²) >= 11 is 3.75. The first kappa shape index (κ1) is 14.8. The Kier molecular flexibility index (Phi) is 4.46. The number of nitrogens with one attached hydrogen (secondary N) is 1. The molecule has 0 bridgehead atoms. The Morgan fingerprint density at radius 1 is 1.19 bits per heavy atom. The van der Waals surface area contributed by atoms with Crippen molar-refractivity contribution in [1.82, 2.24) is 5.32 Å². The van der Waals surface area contributed by atoms with E-state index in [1.54, 1.807) is 0 Å². The van der Waals surface area contributed by atoms with Crippen molar-refractivity contribution in [2.75, 3.05) is 6.54 Å². The maximum Gasteiger partial charge on any atom is 0.0365 e. The highest BCUT2D eigenvalue weighted by molar-refractivity contribution is 9.10. The summed E-state index contributed by atoms with van der Waals surface area (Å²) in [6.07, 6.45) is 1.28. The third-order valence-corrected chi connectivity index (χ3v) is 5.10. The number of hydrogen-bond acceptors (Lipinski definition) is 1. The Bertz CT molecular complexity index is 608. The van der Waals surface area contributed by atoms with Crippen molar-refractivity contribution in [2.45, 2.75) is 32.2 Å². The average molecular weight is 344 g/mol. The molecule has 1 aliphatic carbocycles. The first-order chi connectivity index (χ1) is 10.2. The minimum absolute atomic E-state index is 0.440. The van der Waals surface area contributed by atoms with E-state index in [4.69, 9.17) is 0 Å². The van der Waals surface area contributed by atoms with Gasteiger partial charge in [-0.1, -0.05) is 65.3 Å². The molecular weight excluding hydrogens is 322 g/mol. The van der Waals surface area contributed by atoms with Crippen molar-refractivity contribution in [3.8, 4) is 0 Å². The van der Waals surface area contributed by atoms with Crippen molar-refractivity contribution < 1.29 is 0 Å². The highest BCUT2D eigenvalue weighted by Gasteiger charge is 2.44. The second-order valence-electron chi connectivity index (χ2n) is 5.98. The summed E-state index contributed by atoms with van der Waals surface area (Å²) in [6.45, 7) is 5.33. The fraction of sp³-hybridized carbons (Fsp3) is 0.368. The van der Waals surface area contributed by atoms with Crippen LogP contribution in [0.15, 0.2) is 53.0 Å². The van der Waals surface area contributed by atoms with Crippen molar-refractivity contribution in [3.05, 3.63) is 69.7 Å². The molecule has 0 heterocycles. The summed E-state index contributed by atoms with van der Waals surface area (Å²) in [7, 11) is 0. The van der Waals surface area contributed by atoms with E-state index in [0.29, 0.717) is 17.9 Å². The summed E-state index contributed by atoms with van der Waals surface area (Å²) in [5.74, 6) is 1.40. The topological polar surface area (TPSA) is 12.0 Å². The molecule has 1 saturated carbocycles. The Morgan fingerprint density at radius 2 is 1.95 bits per heavy atom. The van der Waals surface area contributed by atoms with Gasteiger partial charge in [-0.25, -0.2) is 0 Å². The van der Waals surface area contributed by atoms with Crippen LogP contribution >= 0.6 is 15.9 Å². The number of hydrogen-bond donors (Lipinski definition) is 1. The SMILES string of the molecule is CCNC(c1ccc(C)cc1Br)C1CC1c1ccccc1. The summed E-state index contributed by atoms with van der Waals surface area (Å²) in [5.41, 5.74) is 4.18. The van der Waals surface area contributed by atoms with Crippen LogP contribution < -0.4 is 5.32 Å². The smallest absolute Gasteiger partial charge is 0.0365 e. The van der Waals surface area contributed by atoms with Gasteiger partial charge in [-0.05, 0) is 54.5 Å². The monoisotopic (exact) mass is 343 g/mol. The standard InChI is InChI=1S/C19H22BrN/c1-3-21-19(15-10-9-13(2)11-18(15)20)17-12-16(17)14-7-5-4-6-8-14/h4-11,16-17,19,21H,3,12H2,1-2H3. The summed E-state index contributed by atoms with van der Waals surface area (Å²) in [4.78, 5) is 0. The molecule has 1 fully saturated rings. The highest BCUT2D eigenvalue weighted by Crippen LogP contribution is 2.54. The lowest BCUT2D eigenvalue weighted by atomic mass is 9.98. The summed E-state index contributed by atoms with van der Waals surface area (Å²) in [5, 5.41) is 3.69. The zero-order chi connectivity index (χ0) is 14.8. The number of halogens is 1. The minimum Gasteiger partial charge on any atom is -0.310 e. The molecule has 110 valence electrons. The van der Waals surface area contributed by atoms with Gasteiger partial charge in [0.15, 0.2) is 0 Å². The molecule has 1 nitrogen and oxygen atoms in total. The molecule has 0 amide bonds. The molecule has 0 saturated heterocycles. The zero-order valence-corrected chi connectivity index (χ0v) is 14.2. The second kappa shape index (κ2) is 6.33. The zero-order valence-electron chi connectivity index (χ0n) is 12.6. The Hall–Kier alpha value is -1.12. The van der Waals surface area contributed by atoms with Crippen LogP contribution in [0.2, 0.25) is 0 Å². The van der Waals surface area contributed by atoms with Gasteiger partial charge in [-0.15, -0.1) is 0 Å². The normalized spacial score (nSPS) is 22.0. The van der Waals surface area contributed by atoms with Crippen LogP contribution in [-0.2, 0) is 0 Å². The molecular formula is C19H22BrN. The molecule has 3 atom stereocenters. The third-order valence-electron chi connectivity index (χ3n) is 4.41. The molecule has 0 radical (unpaired) electrons. The van der Waals surface area contributed by atoms with E-state index >= 15 is 0 Å². The van der Waals surface area contributed by atoms with Gasteiger partial charge in [-0.2, -0.15) is 0 Å². The predicted octanol–water partition coefficient (Wildman–Crippen LogP) is 5.21. The van der Waals surface area contributed by atoms with Crippen LogP contribution in [0.25, 0.3) is 0 Å². The number of benzene rings is 2. The Balaban J connectivity index is 1.83. The van der Waals surface area contributed by atoms with Crippen LogP contribution in [0, 0.1) is 12.8 Å². The van der Waals surface area contributed by atoms with Crippen molar-refractivity contribution in [3.63, 3.8) is 0 Å². The lowest BCUT2D eigenvalue weighted by molar-refractivity contribution is 0.485. The van der Waals surface area contributed by atoms with Crippen LogP contribution in [0.4, 0.5) is 0 Å². The molecule has 21 heavy (non-hydrogen) atoms. The summed E-state index contributed by atoms with van der Waals surface area (Å²) in [6, 6.07) is 18.1. The average Bonchev–Trinajstić information content (AvgIpc) is 3.27. The van der Waals surface area contributed by atoms with Gasteiger partial charge >= 0.3 is 0 Å². The molecule has 0 spiro atoms. The molecule has 0 aliphatic heterocycles. The molecule has 3 unspecified atom stereocenters. The highest BCUT2D eigenvalue weighted by atomic mass is 79.9. The summed E-state index contributed by atoms with van der Waals surface area (Å²) < 4.78 is 1.23. The van der Waals surface area contributed by atoms with E-state index in [2.05, 4.69) is 83.6 Å². The van der Waals surface area contributed by atoms with Gasteiger partial charge in [0.25, 0.3) is 0 Å². The Morgan fingerprint density at radius 3 is 2.62 bits per heavy atom. The van der Waals surface area contributed by atoms with E-state index in [1.165, 1.54) is 27.6 Å². The quantitative estimate of drug-likeness (QED) is 0.785. The molecule has 1 aliphatic rings. The van der Waals surface area contributed by atoms with E-state index in [-0.39, 0.29) is 0 Å². The van der Waals surface area contributed by atoms with Gasteiger partial charge in [-0.3, -0.25) is 0 Å². The van der Waals surface area contributed by atoms with Crippen LogP contribution in [0.1, 0.15) is 42.0 Å². The largest absolute Gasteiger partial charge is 0.310 e. The fourth-order valence-electron chi connectivity index (χ4n) is 3.26. The molecule has 2 heteroatoms. The first-order valence-electron chi connectivity index (χ1n) is 7.75. The molecule has 3 rings (SSSR count). The van der Waals surface area contributed by atoms with Crippen molar-refractivity contribution in [2.24, 2.45) is 5.92 Å². The lowest BCUT2D eigenvalue weighted by Crippen LogP contribution is -2.23. The maximum atomic E-state index is 3.75. The van der Waals surface area contributed by atoms with Gasteiger partial charge in [0.2, 0.25) is 0 Å².